The molecule has 2 N–H and O–H groups in total. The monoisotopic (exact) mass is 260 g/mol. The molecule has 18 heavy (non-hydrogen) atoms. The Morgan fingerprint density at radius 3 is 2.56 bits per heavy atom. The summed E-state index contributed by atoms with van der Waals surface area (Å²) >= 11 is 0. The first-order valence-corrected chi connectivity index (χ1v) is 6.18. The molecule has 0 radical (unpaired) electrons. The van der Waals surface area contributed by atoms with Crippen LogP contribution in [-0.2, 0) is 14.3 Å². The molecule has 0 aromatic carbocycles. The molecule has 106 valence electrons. The molecule has 0 bridgehead atoms. The van der Waals surface area contributed by atoms with Crippen LogP contribution in [0.1, 0.15) is 26.7 Å². The van der Waals surface area contributed by atoms with Crippen molar-refractivity contribution in [2.45, 2.75) is 32.7 Å². The minimum absolute atomic E-state index is 0.0507. The topological polar surface area (TPSA) is 78.9 Å². The number of methoxy groups -OCH3 is 1. The lowest BCUT2D eigenvalue weighted by Crippen LogP contribution is -2.42. The maximum Gasteiger partial charge on any atom is 0.304 e. The summed E-state index contributed by atoms with van der Waals surface area (Å²) < 4.78 is 4.88. The largest absolute Gasteiger partial charge is 0.481 e. The molecule has 6 nitrogen and oxygen atoms in total. The highest BCUT2D eigenvalue weighted by Crippen LogP contribution is 1.99. The molecule has 0 aromatic heterocycles. The Bertz CT molecular complexity index is 256. The molecule has 0 spiro atoms. The Hall–Kier alpha value is -1.14. The average Bonchev–Trinajstić information content (AvgIpc) is 2.29. The Balaban J connectivity index is 3.92. The van der Waals surface area contributed by atoms with Gasteiger partial charge in [-0.15, -0.1) is 0 Å². The molecular formula is C12H24N2O4. The van der Waals surface area contributed by atoms with Gasteiger partial charge in [-0.25, -0.2) is 0 Å². The van der Waals surface area contributed by atoms with Crippen molar-refractivity contribution in [3.05, 3.63) is 0 Å². The summed E-state index contributed by atoms with van der Waals surface area (Å²) in [7, 11) is 1.62. The minimum atomic E-state index is -0.846. The predicted molar refractivity (Wildman–Crippen MR) is 68.5 cm³/mol. The number of carbonyl (C=O) groups excluding carboxylic acids is 1. The third-order valence-corrected chi connectivity index (χ3v) is 2.54. The zero-order chi connectivity index (χ0) is 14.0. The van der Waals surface area contributed by atoms with Gasteiger partial charge in [0.15, 0.2) is 0 Å². The smallest absolute Gasteiger partial charge is 0.304 e. The molecule has 0 rings (SSSR count). The summed E-state index contributed by atoms with van der Waals surface area (Å²) in [6.45, 7) is 5.71. The van der Waals surface area contributed by atoms with Crippen LogP contribution in [0.5, 0.6) is 0 Å². The van der Waals surface area contributed by atoms with Crippen LogP contribution < -0.4 is 5.32 Å². The molecule has 0 atom stereocenters. The van der Waals surface area contributed by atoms with Gasteiger partial charge in [-0.2, -0.15) is 0 Å². The molecule has 0 saturated carbocycles. The Morgan fingerprint density at radius 1 is 1.39 bits per heavy atom. The van der Waals surface area contributed by atoms with E-state index in [1.54, 1.807) is 7.11 Å². The first-order chi connectivity index (χ1) is 8.47. The molecule has 1 amide bonds. The number of aliphatic carboxylic acids is 1. The molecule has 0 aromatic rings. The van der Waals surface area contributed by atoms with Crippen molar-refractivity contribution in [2.75, 3.05) is 33.4 Å². The second-order valence-corrected chi connectivity index (χ2v) is 4.40. The number of hydrogen-bond acceptors (Lipinski definition) is 4. The van der Waals surface area contributed by atoms with Crippen molar-refractivity contribution >= 4 is 11.9 Å². The van der Waals surface area contributed by atoms with Crippen LogP contribution in [0.15, 0.2) is 0 Å². The van der Waals surface area contributed by atoms with Crippen molar-refractivity contribution in [3.63, 3.8) is 0 Å². The van der Waals surface area contributed by atoms with Crippen LogP contribution >= 0.6 is 0 Å². The van der Waals surface area contributed by atoms with Crippen LogP contribution in [-0.4, -0.2) is 61.3 Å². The maximum atomic E-state index is 11.6. The van der Waals surface area contributed by atoms with Gasteiger partial charge in [-0.1, -0.05) is 0 Å². The minimum Gasteiger partial charge on any atom is -0.481 e. The average molecular weight is 260 g/mol. The lowest BCUT2D eigenvalue weighted by Gasteiger charge is -2.25. The summed E-state index contributed by atoms with van der Waals surface area (Å²) in [5.74, 6) is -0.925. The van der Waals surface area contributed by atoms with E-state index in [9.17, 15) is 9.59 Å². The zero-order valence-electron chi connectivity index (χ0n) is 11.4. The number of hydrogen-bond donors (Lipinski definition) is 2. The maximum absolute atomic E-state index is 11.6. The Morgan fingerprint density at radius 2 is 2.06 bits per heavy atom. The quantitative estimate of drug-likeness (QED) is 0.553. The van der Waals surface area contributed by atoms with E-state index in [2.05, 4.69) is 5.32 Å². The molecule has 6 heteroatoms. The van der Waals surface area contributed by atoms with Gasteiger partial charge < -0.3 is 15.2 Å². The van der Waals surface area contributed by atoms with Crippen molar-refractivity contribution in [3.8, 4) is 0 Å². The number of carboxylic acids is 1. The normalized spacial score (nSPS) is 10.9. The van der Waals surface area contributed by atoms with Gasteiger partial charge in [-0.3, -0.25) is 14.5 Å². The van der Waals surface area contributed by atoms with Gasteiger partial charge in [0.1, 0.15) is 0 Å². The fourth-order valence-corrected chi connectivity index (χ4v) is 1.44. The van der Waals surface area contributed by atoms with E-state index in [0.717, 1.165) is 6.42 Å². The number of rotatable bonds is 10. The van der Waals surface area contributed by atoms with E-state index in [1.165, 1.54) is 0 Å². The zero-order valence-corrected chi connectivity index (χ0v) is 11.4. The highest BCUT2D eigenvalue weighted by molar-refractivity contribution is 5.78. The van der Waals surface area contributed by atoms with E-state index in [1.807, 2.05) is 18.7 Å². The second-order valence-electron chi connectivity index (χ2n) is 4.40. The third kappa shape index (κ3) is 8.95. The molecular weight excluding hydrogens is 236 g/mol. The van der Waals surface area contributed by atoms with Gasteiger partial charge in [0.05, 0.1) is 13.0 Å². The lowest BCUT2D eigenvalue weighted by atomic mass is 10.2. The summed E-state index contributed by atoms with van der Waals surface area (Å²) in [4.78, 5) is 24.0. The third-order valence-electron chi connectivity index (χ3n) is 2.54. The van der Waals surface area contributed by atoms with Gasteiger partial charge in [0.25, 0.3) is 0 Å². The van der Waals surface area contributed by atoms with Gasteiger partial charge in [0.2, 0.25) is 5.91 Å². The number of carbonyl (C=O) groups is 2. The Labute approximate surface area is 108 Å². The first kappa shape index (κ1) is 16.9. The molecule has 0 saturated heterocycles. The van der Waals surface area contributed by atoms with Crippen LogP contribution in [0.4, 0.5) is 0 Å². The summed E-state index contributed by atoms with van der Waals surface area (Å²) in [5, 5.41) is 11.4. The van der Waals surface area contributed by atoms with E-state index in [-0.39, 0.29) is 24.9 Å². The summed E-state index contributed by atoms with van der Waals surface area (Å²) in [5.41, 5.74) is 0. The standard InChI is InChI=1S/C12H24N2O4/c1-10(2)14(7-5-12(16)17)9-11(15)13-6-4-8-18-3/h10H,4-9H2,1-3H3,(H,13,15)(H,16,17). The number of ether oxygens (including phenoxy) is 1. The molecule has 0 aliphatic rings. The van der Waals surface area contributed by atoms with Gasteiger partial charge >= 0.3 is 5.97 Å². The fourth-order valence-electron chi connectivity index (χ4n) is 1.44. The Kier molecular flexibility index (Phi) is 9.22. The number of amides is 1. The second kappa shape index (κ2) is 9.85. The fraction of sp³-hybridized carbons (Fsp3) is 0.833. The van der Waals surface area contributed by atoms with Crippen LogP contribution in [0.25, 0.3) is 0 Å². The van der Waals surface area contributed by atoms with Crippen molar-refractivity contribution in [2.24, 2.45) is 0 Å². The van der Waals surface area contributed by atoms with E-state index in [4.69, 9.17) is 9.84 Å². The van der Waals surface area contributed by atoms with Crippen molar-refractivity contribution in [1.29, 1.82) is 0 Å². The summed E-state index contributed by atoms with van der Waals surface area (Å²) in [6.07, 6.45) is 0.828. The molecule has 0 fully saturated rings. The van der Waals surface area contributed by atoms with E-state index in [0.29, 0.717) is 19.7 Å². The molecule has 0 unspecified atom stereocenters. The SMILES string of the molecule is COCCCNC(=O)CN(CCC(=O)O)C(C)C. The number of carboxylic acid groups (broad SMARTS) is 1. The molecule has 0 heterocycles. The van der Waals surface area contributed by atoms with Crippen LogP contribution in [0.3, 0.4) is 0 Å². The van der Waals surface area contributed by atoms with Gasteiger partial charge in [-0.05, 0) is 20.3 Å². The lowest BCUT2D eigenvalue weighted by molar-refractivity contribution is -0.138. The van der Waals surface area contributed by atoms with Crippen LogP contribution in [0, 0.1) is 0 Å². The van der Waals surface area contributed by atoms with Crippen molar-refractivity contribution < 1.29 is 19.4 Å². The predicted octanol–water partition coefficient (Wildman–Crippen LogP) is 0.324. The molecule has 0 aliphatic heterocycles. The highest BCUT2D eigenvalue weighted by Gasteiger charge is 2.14. The number of nitrogens with one attached hydrogen (secondary N) is 1. The first-order valence-electron chi connectivity index (χ1n) is 6.18. The summed E-state index contributed by atoms with van der Waals surface area (Å²) in [6, 6.07) is 0.147. The molecule has 0 aliphatic carbocycles. The van der Waals surface area contributed by atoms with Crippen LogP contribution in [0.2, 0.25) is 0 Å². The van der Waals surface area contributed by atoms with E-state index >= 15 is 0 Å². The highest BCUT2D eigenvalue weighted by atomic mass is 16.5. The van der Waals surface area contributed by atoms with Gasteiger partial charge in [0, 0.05) is 32.8 Å². The number of nitrogens with zero attached hydrogens (tertiary/aromatic N) is 1. The van der Waals surface area contributed by atoms with Crippen molar-refractivity contribution in [1.82, 2.24) is 10.2 Å². The van der Waals surface area contributed by atoms with E-state index < -0.39 is 5.97 Å².